The number of halogens is 2. The molecule has 0 unspecified atom stereocenters. The first-order valence-corrected chi connectivity index (χ1v) is 8.89. The molecule has 27 heavy (non-hydrogen) atoms. The largest absolute Gasteiger partial charge is 0.340 e. The standard InChI is InChI=1S/C19H27N5O.2ClH/c1-22-8-5-9-24(11-10-22)19(25)18(20)12-17-14-23(15-21-17)13-16-6-3-2-4-7-16;;/h2-4,6-7,14-15,18H,5,8-13,20H2,1H3;2*1H/t18-;;/m0../s1. The van der Waals surface area contributed by atoms with Crippen molar-refractivity contribution in [1.29, 1.82) is 0 Å². The summed E-state index contributed by atoms with van der Waals surface area (Å²) < 4.78 is 2.03. The van der Waals surface area contributed by atoms with Crippen LogP contribution in [0.15, 0.2) is 42.9 Å². The summed E-state index contributed by atoms with van der Waals surface area (Å²) in [6.07, 6.45) is 5.27. The molecule has 0 spiro atoms. The lowest BCUT2D eigenvalue weighted by molar-refractivity contribution is -0.132. The fourth-order valence-corrected chi connectivity index (χ4v) is 3.21. The first kappa shape index (κ1) is 23.4. The summed E-state index contributed by atoms with van der Waals surface area (Å²) in [5, 5.41) is 0. The molecule has 1 amide bonds. The normalized spacial score (nSPS) is 16.0. The summed E-state index contributed by atoms with van der Waals surface area (Å²) >= 11 is 0. The zero-order valence-electron chi connectivity index (χ0n) is 15.7. The summed E-state index contributed by atoms with van der Waals surface area (Å²) in [7, 11) is 2.09. The highest BCUT2D eigenvalue weighted by Crippen LogP contribution is 2.08. The van der Waals surface area contributed by atoms with Gasteiger partial charge in [0.1, 0.15) is 0 Å². The Morgan fingerprint density at radius 2 is 1.89 bits per heavy atom. The molecular weight excluding hydrogens is 385 g/mol. The molecule has 2 N–H and O–H groups in total. The molecule has 1 saturated heterocycles. The van der Waals surface area contributed by atoms with E-state index in [1.807, 2.05) is 33.9 Å². The maximum Gasteiger partial charge on any atom is 0.239 e. The number of aromatic nitrogens is 2. The van der Waals surface area contributed by atoms with E-state index in [9.17, 15) is 4.79 Å². The lowest BCUT2D eigenvalue weighted by Crippen LogP contribution is -2.46. The Hall–Kier alpha value is -1.60. The van der Waals surface area contributed by atoms with Crippen molar-refractivity contribution in [2.24, 2.45) is 5.73 Å². The van der Waals surface area contributed by atoms with Crippen LogP contribution in [-0.4, -0.2) is 64.5 Å². The molecule has 2 heterocycles. The Bertz CT molecular complexity index is 694. The summed E-state index contributed by atoms with van der Waals surface area (Å²) in [6.45, 7) is 4.26. The van der Waals surface area contributed by atoms with E-state index in [1.54, 1.807) is 6.33 Å². The quantitative estimate of drug-likeness (QED) is 0.811. The fourth-order valence-electron chi connectivity index (χ4n) is 3.21. The van der Waals surface area contributed by atoms with Crippen LogP contribution in [0.1, 0.15) is 17.7 Å². The minimum absolute atomic E-state index is 0. The Morgan fingerprint density at radius 3 is 2.63 bits per heavy atom. The van der Waals surface area contributed by atoms with Gasteiger partial charge in [0.2, 0.25) is 5.91 Å². The minimum atomic E-state index is -0.525. The van der Waals surface area contributed by atoms with Gasteiger partial charge in [-0.1, -0.05) is 30.3 Å². The van der Waals surface area contributed by atoms with Gasteiger partial charge in [-0.2, -0.15) is 0 Å². The van der Waals surface area contributed by atoms with Crippen LogP contribution in [0.2, 0.25) is 0 Å². The van der Waals surface area contributed by atoms with Crippen molar-refractivity contribution in [1.82, 2.24) is 19.4 Å². The highest BCUT2D eigenvalue weighted by atomic mass is 35.5. The number of nitrogens with two attached hydrogens (primary N) is 1. The highest BCUT2D eigenvalue weighted by Gasteiger charge is 2.23. The van der Waals surface area contributed by atoms with Crippen LogP contribution in [0.3, 0.4) is 0 Å². The van der Waals surface area contributed by atoms with Crippen molar-refractivity contribution in [3.63, 3.8) is 0 Å². The average molecular weight is 414 g/mol. The molecule has 0 aliphatic carbocycles. The van der Waals surface area contributed by atoms with Crippen LogP contribution in [0.25, 0.3) is 0 Å². The monoisotopic (exact) mass is 413 g/mol. The SMILES string of the molecule is CN1CCCN(C(=O)[C@@H](N)Cc2cn(Cc3ccccc3)cn2)CC1.Cl.Cl. The Morgan fingerprint density at radius 1 is 1.15 bits per heavy atom. The van der Waals surface area contributed by atoms with Crippen LogP contribution >= 0.6 is 24.8 Å². The van der Waals surface area contributed by atoms with Crippen molar-refractivity contribution in [2.75, 3.05) is 33.2 Å². The second-order valence-electron chi connectivity index (χ2n) is 6.82. The van der Waals surface area contributed by atoms with Crippen molar-refractivity contribution < 1.29 is 4.79 Å². The Kier molecular flexibility index (Phi) is 9.80. The van der Waals surface area contributed by atoms with E-state index in [2.05, 4.69) is 29.1 Å². The number of hydrogen-bond donors (Lipinski definition) is 1. The summed E-state index contributed by atoms with van der Waals surface area (Å²) in [5.41, 5.74) is 8.26. The number of benzene rings is 1. The Labute approximate surface area is 173 Å². The van der Waals surface area contributed by atoms with Gasteiger partial charge in [-0.05, 0) is 25.6 Å². The minimum Gasteiger partial charge on any atom is -0.340 e. The van der Waals surface area contributed by atoms with E-state index in [-0.39, 0.29) is 30.7 Å². The fraction of sp³-hybridized carbons (Fsp3) is 0.474. The molecule has 1 aromatic carbocycles. The second-order valence-corrected chi connectivity index (χ2v) is 6.82. The van der Waals surface area contributed by atoms with Crippen LogP contribution in [-0.2, 0) is 17.8 Å². The number of carbonyl (C=O) groups is 1. The third kappa shape index (κ3) is 6.81. The predicted molar refractivity (Wildman–Crippen MR) is 113 cm³/mol. The van der Waals surface area contributed by atoms with Crippen LogP contribution in [0.5, 0.6) is 0 Å². The van der Waals surface area contributed by atoms with E-state index in [1.165, 1.54) is 5.56 Å². The molecule has 1 atom stereocenters. The number of rotatable bonds is 5. The second kappa shape index (κ2) is 11.3. The lowest BCUT2D eigenvalue weighted by Gasteiger charge is -2.23. The van der Waals surface area contributed by atoms with Gasteiger partial charge in [-0.3, -0.25) is 4.79 Å². The van der Waals surface area contributed by atoms with Gasteiger partial charge in [0.05, 0.1) is 18.1 Å². The van der Waals surface area contributed by atoms with Crippen LogP contribution < -0.4 is 5.73 Å². The molecule has 3 rings (SSSR count). The van der Waals surface area contributed by atoms with Gasteiger partial charge < -0.3 is 20.1 Å². The molecule has 6 nitrogen and oxygen atoms in total. The molecule has 8 heteroatoms. The van der Waals surface area contributed by atoms with Gasteiger partial charge in [-0.15, -0.1) is 24.8 Å². The highest BCUT2D eigenvalue weighted by molar-refractivity contribution is 5.85. The summed E-state index contributed by atoms with van der Waals surface area (Å²) in [5.74, 6) is 0.0351. The molecule has 0 radical (unpaired) electrons. The molecule has 0 saturated carbocycles. The van der Waals surface area contributed by atoms with Crippen LogP contribution in [0, 0.1) is 0 Å². The van der Waals surface area contributed by atoms with E-state index in [4.69, 9.17) is 5.73 Å². The molecule has 1 aromatic heterocycles. The number of imidazole rings is 1. The number of hydrogen-bond acceptors (Lipinski definition) is 4. The molecule has 1 fully saturated rings. The van der Waals surface area contributed by atoms with Gasteiger partial charge in [-0.25, -0.2) is 4.98 Å². The first-order chi connectivity index (χ1) is 12.1. The zero-order valence-corrected chi connectivity index (χ0v) is 17.3. The third-order valence-electron chi connectivity index (χ3n) is 4.67. The number of likely N-dealkylation sites (N-methyl/N-ethyl adjacent to an activating group) is 1. The maximum absolute atomic E-state index is 12.6. The van der Waals surface area contributed by atoms with Crippen molar-refractivity contribution in [3.8, 4) is 0 Å². The van der Waals surface area contributed by atoms with Crippen molar-refractivity contribution >= 4 is 30.7 Å². The number of carbonyl (C=O) groups excluding carboxylic acids is 1. The smallest absolute Gasteiger partial charge is 0.239 e. The molecule has 150 valence electrons. The summed E-state index contributed by atoms with van der Waals surface area (Å²) in [6, 6.07) is 9.72. The Balaban J connectivity index is 0.00000182. The van der Waals surface area contributed by atoms with Gasteiger partial charge >= 0.3 is 0 Å². The molecule has 2 aromatic rings. The maximum atomic E-state index is 12.6. The van der Waals surface area contributed by atoms with E-state index in [0.717, 1.165) is 44.8 Å². The zero-order chi connectivity index (χ0) is 17.6. The van der Waals surface area contributed by atoms with Crippen molar-refractivity contribution in [2.45, 2.75) is 25.4 Å². The van der Waals surface area contributed by atoms with Crippen LogP contribution in [0.4, 0.5) is 0 Å². The molecule has 1 aliphatic heterocycles. The molecule has 0 bridgehead atoms. The van der Waals surface area contributed by atoms with E-state index in [0.29, 0.717) is 6.42 Å². The molecule has 1 aliphatic rings. The average Bonchev–Trinajstić information content (AvgIpc) is 2.92. The van der Waals surface area contributed by atoms with Gasteiger partial charge in [0, 0.05) is 38.8 Å². The predicted octanol–water partition coefficient (Wildman–Crippen LogP) is 1.81. The third-order valence-corrected chi connectivity index (χ3v) is 4.67. The van der Waals surface area contributed by atoms with Gasteiger partial charge in [0.15, 0.2) is 0 Å². The topological polar surface area (TPSA) is 67.4 Å². The van der Waals surface area contributed by atoms with E-state index >= 15 is 0 Å². The number of amides is 1. The summed E-state index contributed by atoms with van der Waals surface area (Å²) in [4.78, 5) is 21.2. The number of nitrogens with zero attached hydrogens (tertiary/aromatic N) is 4. The molecular formula is C19H29Cl2N5O. The van der Waals surface area contributed by atoms with E-state index < -0.39 is 6.04 Å². The lowest BCUT2D eigenvalue weighted by atomic mass is 10.1. The first-order valence-electron chi connectivity index (χ1n) is 8.89. The van der Waals surface area contributed by atoms with Crippen molar-refractivity contribution in [3.05, 3.63) is 54.1 Å². The van der Waals surface area contributed by atoms with Gasteiger partial charge in [0.25, 0.3) is 0 Å².